The Morgan fingerprint density at radius 1 is 1.28 bits per heavy atom. The van der Waals surface area contributed by atoms with Crippen molar-refractivity contribution >= 4 is 17.2 Å². The van der Waals surface area contributed by atoms with Gasteiger partial charge in [0.2, 0.25) is 11.5 Å². The number of carbonyl (C=O) groups excluding carboxylic acids is 1. The van der Waals surface area contributed by atoms with Gasteiger partial charge in [-0.3, -0.25) is 4.79 Å². The highest BCUT2D eigenvalue weighted by Gasteiger charge is 2.58. The van der Waals surface area contributed by atoms with Gasteiger partial charge in [-0.2, -0.15) is 13.2 Å². The maximum Gasteiger partial charge on any atom is 0.424 e. The molecule has 25 heavy (non-hydrogen) atoms. The van der Waals surface area contributed by atoms with Crippen molar-refractivity contribution in [1.82, 2.24) is 10.3 Å². The Hall–Kier alpha value is -1.15. The minimum Gasteiger partial charge on any atom is -0.374 e. The Labute approximate surface area is 150 Å². The van der Waals surface area contributed by atoms with E-state index in [4.69, 9.17) is 0 Å². The van der Waals surface area contributed by atoms with Crippen LogP contribution in [0.3, 0.4) is 0 Å². The number of aryl methyl sites for hydroxylation is 1. The van der Waals surface area contributed by atoms with Crippen molar-refractivity contribution in [1.29, 1.82) is 0 Å². The summed E-state index contributed by atoms with van der Waals surface area (Å²) in [7, 11) is 0. The molecule has 0 aliphatic carbocycles. The monoisotopic (exact) mass is 380 g/mol. The average molecular weight is 380 g/mol. The first-order chi connectivity index (χ1) is 11.6. The summed E-state index contributed by atoms with van der Waals surface area (Å²) in [6, 6.07) is 0. The second-order valence-corrected chi connectivity index (χ2v) is 7.63. The number of thiazole rings is 1. The minimum atomic E-state index is -4.97. The molecule has 0 bridgehead atoms. The highest BCUT2D eigenvalue weighted by atomic mass is 32.1. The fourth-order valence-corrected chi connectivity index (χ4v) is 3.31. The summed E-state index contributed by atoms with van der Waals surface area (Å²) in [5, 5.41) is 13.5. The van der Waals surface area contributed by atoms with Crippen molar-refractivity contribution in [3.8, 4) is 0 Å². The zero-order valence-electron chi connectivity index (χ0n) is 14.9. The van der Waals surface area contributed by atoms with Crippen LogP contribution in [0.5, 0.6) is 0 Å². The van der Waals surface area contributed by atoms with Gasteiger partial charge < -0.3 is 10.4 Å². The largest absolute Gasteiger partial charge is 0.424 e. The van der Waals surface area contributed by atoms with Crippen molar-refractivity contribution in [3.05, 3.63) is 16.1 Å². The summed E-state index contributed by atoms with van der Waals surface area (Å²) >= 11 is 0.704. The van der Waals surface area contributed by atoms with Gasteiger partial charge in [-0.25, -0.2) is 4.98 Å². The molecular formula is C17H27F3N2O2S. The van der Waals surface area contributed by atoms with E-state index < -0.39 is 29.1 Å². The summed E-state index contributed by atoms with van der Waals surface area (Å²) in [6.07, 6.45) is -1.10. The van der Waals surface area contributed by atoms with Gasteiger partial charge in [0.05, 0.1) is 6.42 Å². The normalized spacial score (nSPS) is 14.6. The smallest absolute Gasteiger partial charge is 0.374 e. The highest BCUT2D eigenvalue weighted by Crippen LogP contribution is 2.42. The molecule has 2 N–H and O–H groups in total. The number of hydrogen-bond acceptors (Lipinski definition) is 4. The van der Waals surface area contributed by atoms with E-state index in [2.05, 4.69) is 24.1 Å². The molecule has 0 aliphatic rings. The fourth-order valence-electron chi connectivity index (χ4n) is 2.39. The van der Waals surface area contributed by atoms with E-state index in [1.165, 1.54) is 12.3 Å². The van der Waals surface area contributed by atoms with Crippen LogP contribution in [0, 0.1) is 12.8 Å². The lowest BCUT2D eigenvalue weighted by molar-refractivity contribution is -0.267. The third kappa shape index (κ3) is 6.93. The van der Waals surface area contributed by atoms with Gasteiger partial charge in [-0.05, 0) is 19.3 Å². The second kappa shape index (κ2) is 9.52. The van der Waals surface area contributed by atoms with Crippen LogP contribution < -0.4 is 5.32 Å². The standard InChI is InChI=1S/C17H27F3N2O2S/c1-12(2)8-6-4-5-7-9-21-14(23)10-16(24,17(18,19)20)15-22-13(3)11-25-15/h11-12,24H,4-10H2,1-3H3,(H,21,23). The molecule has 144 valence electrons. The summed E-state index contributed by atoms with van der Waals surface area (Å²) < 4.78 is 39.9. The summed E-state index contributed by atoms with van der Waals surface area (Å²) in [5.41, 5.74) is -2.86. The summed E-state index contributed by atoms with van der Waals surface area (Å²) in [6.45, 7) is 6.17. The lowest BCUT2D eigenvalue weighted by Crippen LogP contribution is -2.46. The molecule has 4 nitrogen and oxygen atoms in total. The zero-order valence-corrected chi connectivity index (χ0v) is 15.8. The average Bonchev–Trinajstić information content (AvgIpc) is 2.91. The van der Waals surface area contributed by atoms with Crippen LogP contribution in [0.2, 0.25) is 0 Å². The molecule has 1 unspecified atom stereocenters. The Morgan fingerprint density at radius 3 is 2.44 bits per heavy atom. The molecule has 8 heteroatoms. The van der Waals surface area contributed by atoms with E-state index in [0.29, 0.717) is 35.9 Å². The van der Waals surface area contributed by atoms with Crippen molar-refractivity contribution < 1.29 is 23.1 Å². The molecule has 1 aromatic rings. The van der Waals surface area contributed by atoms with Gasteiger partial charge in [-0.1, -0.05) is 39.5 Å². The SMILES string of the molecule is Cc1csc(C(O)(CC(=O)NCCCCCCC(C)C)C(F)(F)F)n1. The first-order valence-electron chi connectivity index (χ1n) is 8.54. The van der Waals surface area contributed by atoms with Crippen LogP contribution in [-0.2, 0) is 10.4 Å². The van der Waals surface area contributed by atoms with Crippen LogP contribution in [0.25, 0.3) is 0 Å². The number of halogens is 3. The topological polar surface area (TPSA) is 62.2 Å². The molecular weight excluding hydrogens is 353 g/mol. The van der Waals surface area contributed by atoms with Crippen molar-refractivity contribution in [2.24, 2.45) is 5.92 Å². The Morgan fingerprint density at radius 2 is 1.92 bits per heavy atom. The van der Waals surface area contributed by atoms with E-state index in [1.54, 1.807) is 0 Å². The van der Waals surface area contributed by atoms with E-state index >= 15 is 0 Å². The van der Waals surface area contributed by atoms with Gasteiger partial charge in [0.15, 0.2) is 0 Å². The first-order valence-corrected chi connectivity index (χ1v) is 9.42. The van der Waals surface area contributed by atoms with E-state index in [9.17, 15) is 23.1 Å². The number of rotatable bonds is 10. The Bertz CT molecular complexity index is 546. The number of carbonyl (C=O) groups is 1. The number of hydrogen-bond donors (Lipinski definition) is 2. The number of alkyl halides is 3. The van der Waals surface area contributed by atoms with Crippen molar-refractivity contribution in [2.75, 3.05) is 6.54 Å². The zero-order chi connectivity index (χ0) is 19.1. The van der Waals surface area contributed by atoms with E-state index in [-0.39, 0.29) is 0 Å². The highest BCUT2D eigenvalue weighted by molar-refractivity contribution is 7.09. The number of amides is 1. The third-order valence-electron chi connectivity index (χ3n) is 3.89. The van der Waals surface area contributed by atoms with Crippen LogP contribution in [0.4, 0.5) is 13.2 Å². The summed E-state index contributed by atoms with van der Waals surface area (Å²) in [5.74, 6) is -0.163. The maximum atomic E-state index is 13.3. The predicted molar refractivity (Wildman–Crippen MR) is 92.4 cm³/mol. The number of aliphatic hydroxyl groups is 1. The van der Waals surface area contributed by atoms with E-state index in [1.807, 2.05) is 0 Å². The van der Waals surface area contributed by atoms with Crippen molar-refractivity contribution in [2.45, 2.75) is 71.1 Å². The molecule has 0 spiro atoms. The maximum absolute atomic E-state index is 13.3. The molecule has 0 aliphatic heterocycles. The molecule has 0 saturated heterocycles. The lowest BCUT2D eigenvalue weighted by Gasteiger charge is -2.27. The number of unbranched alkanes of at least 4 members (excludes halogenated alkanes) is 3. The molecule has 0 saturated carbocycles. The molecule has 1 rings (SSSR count). The molecule has 1 amide bonds. The minimum absolute atomic E-state index is 0.311. The van der Waals surface area contributed by atoms with Gasteiger partial charge in [0.25, 0.3) is 0 Å². The molecule has 0 fully saturated rings. The Balaban J connectivity index is 2.47. The van der Waals surface area contributed by atoms with Crippen molar-refractivity contribution in [3.63, 3.8) is 0 Å². The third-order valence-corrected chi connectivity index (χ3v) is 5.00. The van der Waals surface area contributed by atoms with Crippen LogP contribution in [0.15, 0.2) is 5.38 Å². The van der Waals surface area contributed by atoms with Gasteiger partial charge in [0.1, 0.15) is 5.01 Å². The van der Waals surface area contributed by atoms with Crippen LogP contribution in [-0.4, -0.2) is 28.7 Å². The number of aromatic nitrogens is 1. The molecule has 0 radical (unpaired) electrons. The first kappa shape index (κ1) is 21.9. The lowest BCUT2D eigenvalue weighted by atomic mass is 9.99. The summed E-state index contributed by atoms with van der Waals surface area (Å²) in [4.78, 5) is 15.6. The van der Waals surface area contributed by atoms with Gasteiger partial charge >= 0.3 is 6.18 Å². The molecule has 1 aromatic heterocycles. The fraction of sp³-hybridized carbons (Fsp3) is 0.765. The van der Waals surface area contributed by atoms with Crippen LogP contribution in [0.1, 0.15) is 63.1 Å². The van der Waals surface area contributed by atoms with Gasteiger partial charge in [-0.15, -0.1) is 11.3 Å². The number of nitrogens with zero attached hydrogens (tertiary/aromatic N) is 1. The quantitative estimate of drug-likeness (QED) is 0.595. The Kier molecular flexibility index (Phi) is 8.34. The van der Waals surface area contributed by atoms with Gasteiger partial charge in [0, 0.05) is 17.6 Å². The second-order valence-electron chi connectivity index (χ2n) is 6.78. The molecule has 1 heterocycles. The predicted octanol–water partition coefficient (Wildman–Crippen LogP) is 4.31. The molecule has 0 aromatic carbocycles. The van der Waals surface area contributed by atoms with E-state index in [0.717, 1.165) is 25.7 Å². The molecule has 1 atom stereocenters. The van der Waals surface area contributed by atoms with Crippen LogP contribution >= 0.6 is 11.3 Å². The number of nitrogens with one attached hydrogen (secondary N) is 1.